The molecule has 0 amide bonds. The smallest absolute Gasteiger partial charge is 0.386 e. The van der Waals surface area contributed by atoms with Gasteiger partial charge in [0.1, 0.15) is 0 Å². The van der Waals surface area contributed by atoms with Crippen molar-refractivity contribution in [1.29, 1.82) is 0 Å². The van der Waals surface area contributed by atoms with E-state index in [2.05, 4.69) is 45.6 Å². The maximum Gasteiger partial charge on any atom is 0.448 e. The molecule has 2 nitrogen and oxygen atoms in total. The average molecular weight is 297 g/mol. The summed E-state index contributed by atoms with van der Waals surface area (Å²) in [6.45, 7) is 0. The fraction of sp³-hybridized carbons (Fsp3) is 0.167. The third kappa shape index (κ3) is 2.06. The summed E-state index contributed by atoms with van der Waals surface area (Å²) in [7, 11) is 0.954. The summed E-state index contributed by atoms with van der Waals surface area (Å²) in [4.78, 5) is 0. The largest absolute Gasteiger partial charge is 0.448 e. The quantitative estimate of drug-likeness (QED) is 0.640. The van der Waals surface area contributed by atoms with E-state index in [-0.39, 0.29) is 0 Å². The zero-order valence-electron chi connectivity index (χ0n) is 9.24. The van der Waals surface area contributed by atoms with Crippen molar-refractivity contribution in [3.05, 3.63) is 42.5 Å². The van der Waals surface area contributed by atoms with Crippen LogP contribution in [0.2, 0.25) is 0 Å². The van der Waals surface area contributed by atoms with Crippen molar-refractivity contribution in [3.8, 4) is 0 Å². The second-order valence-corrected chi connectivity index (χ2v) is 9.10. The zero-order chi connectivity index (χ0) is 11.6. The van der Waals surface area contributed by atoms with Gasteiger partial charge >= 0.3 is 7.18 Å². The third-order valence-corrected chi connectivity index (χ3v) is 7.99. The molecule has 0 aliphatic carbocycles. The van der Waals surface area contributed by atoms with Crippen LogP contribution in [0.5, 0.6) is 0 Å². The van der Waals surface area contributed by atoms with Gasteiger partial charge in [0, 0.05) is 19.4 Å². The van der Waals surface area contributed by atoms with E-state index in [0.717, 1.165) is 5.19 Å². The van der Waals surface area contributed by atoms with Gasteiger partial charge in [0.15, 0.2) is 0 Å². The van der Waals surface area contributed by atoms with E-state index in [0.29, 0.717) is 0 Å². The first-order chi connectivity index (χ1) is 7.69. The Balaban J connectivity index is 2.54. The first-order valence-electron chi connectivity index (χ1n) is 4.98. The van der Waals surface area contributed by atoms with Gasteiger partial charge in [0.2, 0.25) is 0 Å². The molecule has 2 rings (SSSR count). The van der Waals surface area contributed by atoms with Gasteiger partial charge in [-0.05, 0) is 16.8 Å². The molecule has 0 bridgehead atoms. The SMILES string of the molecule is CO[Si](Br)(OC)c1ccc2ccccc2c1. The maximum absolute atomic E-state index is 5.46. The monoisotopic (exact) mass is 296 g/mol. The summed E-state index contributed by atoms with van der Waals surface area (Å²) in [6.07, 6.45) is 0. The molecular formula is C12H13BrO2Si. The van der Waals surface area contributed by atoms with Crippen LogP contribution in [0.15, 0.2) is 42.5 Å². The zero-order valence-corrected chi connectivity index (χ0v) is 11.8. The summed E-state index contributed by atoms with van der Waals surface area (Å²) in [5.74, 6) is 0. The van der Waals surface area contributed by atoms with Crippen molar-refractivity contribution >= 4 is 38.4 Å². The molecule has 0 spiro atoms. The number of rotatable bonds is 3. The lowest BCUT2D eigenvalue weighted by Gasteiger charge is -2.20. The van der Waals surface area contributed by atoms with Crippen molar-refractivity contribution in [2.75, 3.05) is 14.2 Å². The molecule has 2 aromatic rings. The number of hydrogen-bond donors (Lipinski definition) is 0. The van der Waals surface area contributed by atoms with Gasteiger partial charge in [-0.15, -0.1) is 0 Å². The summed E-state index contributed by atoms with van der Waals surface area (Å²) < 4.78 is 10.9. The number of hydrogen-bond acceptors (Lipinski definition) is 2. The van der Waals surface area contributed by atoms with Gasteiger partial charge < -0.3 is 8.85 Å². The number of fused-ring (bicyclic) bond motifs is 1. The van der Waals surface area contributed by atoms with Crippen LogP contribution in [0, 0.1) is 0 Å². The van der Waals surface area contributed by atoms with Crippen molar-refractivity contribution < 1.29 is 8.85 Å². The first-order valence-corrected chi connectivity index (χ1v) is 9.05. The van der Waals surface area contributed by atoms with E-state index >= 15 is 0 Å². The van der Waals surface area contributed by atoms with Crippen LogP contribution in [0.1, 0.15) is 0 Å². The molecule has 0 unspecified atom stereocenters. The highest BCUT2D eigenvalue weighted by atomic mass is 79.9. The standard InChI is InChI=1S/C12H13BrO2Si/c1-14-16(13,15-2)12-8-7-10-5-3-4-6-11(10)9-12/h3-9H,1-2H3. The van der Waals surface area contributed by atoms with Gasteiger partial charge in [-0.25, -0.2) is 0 Å². The van der Waals surface area contributed by atoms with Crippen LogP contribution in [0.3, 0.4) is 0 Å². The second-order valence-electron chi connectivity index (χ2n) is 3.51. The van der Waals surface area contributed by atoms with Crippen LogP contribution in [0.25, 0.3) is 10.8 Å². The van der Waals surface area contributed by atoms with Crippen LogP contribution in [-0.2, 0) is 8.85 Å². The van der Waals surface area contributed by atoms with E-state index < -0.39 is 7.18 Å². The van der Waals surface area contributed by atoms with E-state index in [1.807, 2.05) is 12.1 Å². The fourth-order valence-electron chi connectivity index (χ4n) is 1.69. The molecule has 0 saturated heterocycles. The Labute approximate surface area is 104 Å². The molecule has 4 heteroatoms. The summed E-state index contributed by atoms with van der Waals surface area (Å²) in [5, 5.41) is 3.50. The summed E-state index contributed by atoms with van der Waals surface area (Å²) >= 11 is 3.57. The predicted octanol–water partition coefficient (Wildman–Crippen LogP) is 2.67. The molecule has 84 valence electrons. The lowest BCUT2D eigenvalue weighted by atomic mass is 10.1. The molecule has 16 heavy (non-hydrogen) atoms. The van der Waals surface area contributed by atoms with E-state index in [1.165, 1.54) is 10.8 Å². The number of benzene rings is 2. The van der Waals surface area contributed by atoms with Crippen molar-refractivity contribution in [2.45, 2.75) is 0 Å². The molecule has 0 N–H and O–H groups in total. The minimum atomic E-state index is -2.38. The molecule has 2 aromatic carbocycles. The maximum atomic E-state index is 5.46. The molecule has 0 atom stereocenters. The highest BCUT2D eigenvalue weighted by Gasteiger charge is 2.35. The molecule has 0 aliphatic rings. The number of halogens is 1. The summed E-state index contributed by atoms with van der Waals surface area (Å²) in [6, 6.07) is 14.5. The van der Waals surface area contributed by atoms with Gasteiger partial charge in [0.05, 0.1) is 0 Å². The Morgan fingerprint density at radius 3 is 2.19 bits per heavy atom. The molecule has 0 radical (unpaired) electrons. The second kappa shape index (κ2) is 4.67. The topological polar surface area (TPSA) is 18.5 Å². The third-order valence-electron chi connectivity index (χ3n) is 2.62. The Hall–Kier alpha value is -0.683. The first kappa shape index (κ1) is 11.8. The fourth-order valence-corrected chi connectivity index (χ4v) is 3.68. The van der Waals surface area contributed by atoms with Gasteiger partial charge in [0.25, 0.3) is 0 Å². The Kier molecular flexibility index (Phi) is 3.44. The minimum absolute atomic E-state index is 1.08. The highest BCUT2D eigenvalue weighted by molar-refractivity contribution is 9.26. The van der Waals surface area contributed by atoms with Crippen LogP contribution < -0.4 is 5.19 Å². The minimum Gasteiger partial charge on any atom is -0.386 e. The Morgan fingerprint density at radius 1 is 0.938 bits per heavy atom. The Morgan fingerprint density at radius 2 is 1.56 bits per heavy atom. The van der Waals surface area contributed by atoms with Gasteiger partial charge in [-0.1, -0.05) is 51.7 Å². The van der Waals surface area contributed by atoms with Crippen molar-refractivity contribution in [3.63, 3.8) is 0 Å². The molecule has 0 fully saturated rings. The van der Waals surface area contributed by atoms with Crippen molar-refractivity contribution in [2.24, 2.45) is 0 Å². The predicted molar refractivity (Wildman–Crippen MR) is 72.3 cm³/mol. The van der Waals surface area contributed by atoms with Crippen LogP contribution in [0.4, 0.5) is 0 Å². The van der Waals surface area contributed by atoms with Gasteiger partial charge in [-0.3, -0.25) is 0 Å². The average Bonchev–Trinajstić information content (AvgIpc) is 2.37. The van der Waals surface area contributed by atoms with E-state index in [1.54, 1.807) is 14.2 Å². The van der Waals surface area contributed by atoms with Crippen molar-refractivity contribution in [1.82, 2.24) is 0 Å². The normalized spacial score (nSPS) is 11.9. The highest BCUT2D eigenvalue weighted by Crippen LogP contribution is 2.18. The lowest BCUT2D eigenvalue weighted by Crippen LogP contribution is -2.46. The van der Waals surface area contributed by atoms with E-state index in [9.17, 15) is 0 Å². The summed E-state index contributed by atoms with van der Waals surface area (Å²) in [5.41, 5.74) is 0. The molecular weight excluding hydrogens is 284 g/mol. The lowest BCUT2D eigenvalue weighted by molar-refractivity contribution is 0.285. The molecule has 0 aliphatic heterocycles. The molecule has 0 saturated carbocycles. The van der Waals surface area contributed by atoms with Crippen LogP contribution in [-0.4, -0.2) is 21.4 Å². The van der Waals surface area contributed by atoms with Crippen LogP contribution >= 0.6 is 15.3 Å². The van der Waals surface area contributed by atoms with Gasteiger partial charge in [-0.2, -0.15) is 0 Å². The molecule has 0 aromatic heterocycles. The molecule has 0 heterocycles. The van der Waals surface area contributed by atoms with E-state index in [4.69, 9.17) is 8.85 Å². The Bertz CT molecular complexity index is 497.